The van der Waals surface area contributed by atoms with Crippen molar-refractivity contribution in [1.29, 1.82) is 0 Å². The van der Waals surface area contributed by atoms with E-state index in [-0.39, 0.29) is 0 Å². The van der Waals surface area contributed by atoms with Crippen LogP contribution in [0.25, 0.3) is 0 Å². The summed E-state index contributed by atoms with van der Waals surface area (Å²) < 4.78 is 16.5. The zero-order valence-electron chi connectivity index (χ0n) is 14.2. The third kappa shape index (κ3) is 5.24. The molecule has 2 aromatic carbocycles. The largest absolute Gasteiger partial charge is 0.494 e. The van der Waals surface area contributed by atoms with Gasteiger partial charge in [-0.2, -0.15) is 0 Å². The lowest BCUT2D eigenvalue weighted by Crippen LogP contribution is -1.96. The van der Waals surface area contributed by atoms with E-state index in [0.717, 1.165) is 28.4 Å². The molecule has 4 heteroatoms. The maximum absolute atomic E-state index is 5.81. The molecule has 0 fully saturated rings. The van der Waals surface area contributed by atoms with Crippen LogP contribution in [0.4, 0.5) is 0 Å². The summed E-state index contributed by atoms with van der Waals surface area (Å²) in [4.78, 5) is 4.36. The topological polar surface area (TPSA) is 44.0 Å². The number of nitrogens with zero attached hydrogens (tertiary/aromatic N) is 1. The van der Waals surface area contributed by atoms with Crippen LogP contribution in [-0.4, -0.2) is 12.8 Å². The average molecular weight is 335 g/mol. The van der Waals surface area contributed by atoms with E-state index >= 15 is 0 Å². The number of ether oxygens (including phenoxy) is 2. The zero-order valence-corrected chi connectivity index (χ0v) is 14.2. The van der Waals surface area contributed by atoms with Crippen molar-refractivity contribution in [3.8, 4) is 11.5 Å². The van der Waals surface area contributed by atoms with Gasteiger partial charge >= 0.3 is 0 Å². The maximum Gasteiger partial charge on any atom is 0.125 e. The molecule has 0 bridgehead atoms. The minimum Gasteiger partial charge on any atom is -0.494 e. The molecule has 25 heavy (non-hydrogen) atoms. The Kier molecular flexibility index (Phi) is 5.88. The lowest BCUT2D eigenvalue weighted by atomic mass is 10.2. The van der Waals surface area contributed by atoms with Crippen LogP contribution < -0.4 is 9.47 Å². The fourth-order valence-corrected chi connectivity index (χ4v) is 2.31. The van der Waals surface area contributed by atoms with Crippen molar-refractivity contribution in [2.45, 2.75) is 20.1 Å². The zero-order chi connectivity index (χ0) is 17.3. The summed E-state index contributed by atoms with van der Waals surface area (Å²) in [5.74, 6) is 2.56. The minimum atomic E-state index is 0.526. The molecule has 0 aliphatic rings. The first-order valence-corrected chi connectivity index (χ1v) is 8.30. The van der Waals surface area contributed by atoms with E-state index in [1.807, 2.05) is 73.8 Å². The monoisotopic (exact) mass is 335 g/mol. The molecule has 0 saturated heterocycles. The molecule has 4 nitrogen and oxygen atoms in total. The molecule has 3 rings (SSSR count). The third-order valence-corrected chi connectivity index (χ3v) is 3.59. The second-order valence-electron chi connectivity index (χ2n) is 5.48. The van der Waals surface area contributed by atoms with Crippen molar-refractivity contribution >= 4 is 6.21 Å². The summed E-state index contributed by atoms with van der Waals surface area (Å²) in [5, 5.41) is 0. The smallest absolute Gasteiger partial charge is 0.125 e. The molecule has 0 N–H and O–H groups in total. The van der Waals surface area contributed by atoms with Crippen LogP contribution >= 0.6 is 0 Å². The molecule has 0 amide bonds. The molecule has 0 aliphatic carbocycles. The van der Waals surface area contributed by atoms with Gasteiger partial charge in [0.15, 0.2) is 0 Å². The average Bonchev–Trinajstić information content (AvgIpc) is 3.16. The van der Waals surface area contributed by atoms with E-state index in [9.17, 15) is 0 Å². The number of hydrogen-bond acceptors (Lipinski definition) is 4. The van der Waals surface area contributed by atoms with Gasteiger partial charge in [-0.05, 0) is 66.6 Å². The Bertz CT molecular complexity index is 775. The number of benzene rings is 2. The van der Waals surface area contributed by atoms with Gasteiger partial charge in [-0.25, -0.2) is 0 Å². The van der Waals surface area contributed by atoms with Crippen LogP contribution in [0.15, 0.2) is 76.3 Å². The molecule has 0 atom stereocenters. The summed E-state index contributed by atoms with van der Waals surface area (Å²) in [6, 6.07) is 19.6. The maximum atomic E-state index is 5.81. The minimum absolute atomic E-state index is 0.526. The SMILES string of the molecule is CCOc1ccc(COc2ccc(/C=N\Cc3ccco3)cc2)cc1. The van der Waals surface area contributed by atoms with E-state index < -0.39 is 0 Å². The highest BCUT2D eigenvalue weighted by atomic mass is 16.5. The van der Waals surface area contributed by atoms with Crippen LogP contribution in [0.1, 0.15) is 23.8 Å². The molecular weight excluding hydrogens is 314 g/mol. The third-order valence-electron chi connectivity index (χ3n) is 3.59. The Balaban J connectivity index is 1.49. The first-order chi connectivity index (χ1) is 12.3. The molecule has 128 valence electrons. The highest BCUT2D eigenvalue weighted by Gasteiger charge is 1.98. The van der Waals surface area contributed by atoms with Gasteiger partial charge in [0.25, 0.3) is 0 Å². The van der Waals surface area contributed by atoms with Crippen LogP contribution in [0, 0.1) is 0 Å². The Morgan fingerprint density at radius 3 is 2.32 bits per heavy atom. The van der Waals surface area contributed by atoms with E-state index in [2.05, 4.69) is 4.99 Å². The highest BCUT2D eigenvalue weighted by molar-refractivity contribution is 5.79. The fraction of sp³-hybridized carbons (Fsp3) is 0.190. The second kappa shape index (κ2) is 8.73. The van der Waals surface area contributed by atoms with Crippen LogP contribution in [0.3, 0.4) is 0 Å². The van der Waals surface area contributed by atoms with Gasteiger partial charge in [0.05, 0.1) is 19.4 Å². The van der Waals surface area contributed by atoms with Crippen molar-refractivity contribution in [3.63, 3.8) is 0 Å². The van der Waals surface area contributed by atoms with Crippen LogP contribution in [-0.2, 0) is 13.2 Å². The normalized spacial score (nSPS) is 10.9. The van der Waals surface area contributed by atoms with Crippen LogP contribution in [0.2, 0.25) is 0 Å². The predicted octanol–water partition coefficient (Wildman–Crippen LogP) is 4.88. The predicted molar refractivity (Wildman–Crippen MR) is 98.4 cm³/mol. The molecule has 0 spiro atoms. The number of furan rings is 1. The molecule has 0 unspecified atom stereocenters. The molecule has 0 radical (unpaired) electrons. The Morgan fingerprint density at radius 2 is 1.64 bits per heavy atom. The van der Waals surface area contributed by atoms with E-state index in [1.165, 1.54) is 0 Å². The Labute approximate surface area is 147 Å². The van der Waals surface area contributed by atoms with Gasteiger partial charge in [0.1, 0.15) is 23.9 Å². The summed E-state index contributed by atoms with van der Waals surface area (Å²) in [6.07, 6.45) is 3.49. The summed E-state index contributed by atoms with van der Waals surface area (Å²) in [6.45, 7) is 3.72. The van der Waals surface area contributed by atoms with Crippen molar-refractivity contribution in [2.24, 2.45) is 4.99 Å². The Morgan fingerprint density at radius 1 is 0.920 bits per heavy atom. The molecule has 1 aromatic heterocycles. The van der Waals surface area contributed by atoms with Gasteiger partial charge in [-0.3, -0.25) is 4.99 Å². The van der Waals surface area contributed by atoms with Crippen molar-refractivity contribution in [3.05, 3.63) is 83.8 Å². The molecule has 1 heterocycles. The number of hydrogen-bond donors (Lipinski definition) is 0. The number of rotatable bonds is 8. The van der Waals surface area contributed by atoms with Crippen LogP contribution in [0.5, 0.6) is 11.5 Å². The second-order valence-corrected chi connectivity index (χ2v) is 5.48. The Hall–Kier alpha value is -3.01. The van der Waals surface area contributed by atoms with Crippen molar-refractivity contribution < 1.29 is 13.9 Å². The summed E-state index contributed by atoms with van der Waals surface area (Å²) in [7, 11) is 0. The van der Waals surface area contributed by atoms with Gasteiger partial charge in [-0.15, -0.1) is 0 Å². The van der Waals surface area contributed by atoms with Crippen molar-refractivity contribution in [2.75, 3.05) is 6.61 Å². The van der Waals surface area contributed by atoms with Crippen molar-refractivity contribution in [1.82, 2.24) is 0 Å². The van der Waals surface area contributed by atoms with Gasteiger partial charge in [0.2, 0.25) is 0 Å². The first-order valence-electron chi connectivity index (χ1n) is 8.30. The lowest BCUT2D eigenvalue weighted by Gasteiger charge is -2.08. The molecular formula is C21H21NO3. The lowest BCUT2D eigenvalue weighted by molar-refractivity contribution is 0.305. The fourth-order valence-electron chi connectivity index (χ4n) is 2.31. The molecule has 3 aromatic rings. The highest BCUT2D eigenvalue weighted by Crippen LogP contribution is 2.16. The van der Waals surface area contributed by atoms with Gasteiger partial charge in [0, 0.05) is 6.21 Å². The van der Waals surface area contributed by atoms with E-state index in [4.69, 9.17) is 13.9 Å². The van der Waals surface area contributed by atoms with Gasteiger partial charge in [-0.1, -0.05) is 12.1 Å². The standard InChI is InChI=1S/C21H21NO3/c1-2-23-19-11-7-18(8-12-19)16-25-20-9-5-17(6-10-20)14-22-15-21-4-3-13-24-21/h3-14H,2,15-16H2,1H3/b22-14-. The first kappa shape index (κ1) is 16.8. The van der Waals surface area contributed by atoms with Gasteiger partial charge < -0.3 is 13.9 Å². The van der Waals surface area contributed by atoms with E-state index in [1.54, 1.807) is 6.26 Å². The number of aliphatic imine (C=N–C) groups is 1. The molecule has 0 aliphatic heterocycles. The molecule has 0 saturated carbocycles. The summed E-state index contributed by atoms with van der Waals surface area (Å²) in [5.41, 5.74) is 2.13. The van der Waals surface area contributed by atoms with E-state index in [0.29, 0.717) is 19.8 Å². The quantitative estimate of drug-likeness (QED) is 0.551. The summed E-state index contributed by atoms with van der Waals surface area (Å²) >= 11 is 0.